The molecule has 0 bridgehead atoms. The molecule has 33 heavy (non-hydrogen) atoms. The van der Waals surface area contributed by atoms with Crippen LogP contribution in [0.4, 0.5) is 5.69 Å². The van der Waals surface area contributed by atoms with Crippen molar-refractivity contribution in [2.24, 2.45) is 0 Å². The van der Waals surface area contributed by atoms with Crippen LogP contribution in [0.1, 0.15) is 35.7 Å². The van der Waals surface area contributed by atoms with Gasteiger partial charge in [0.2, 0.25) is 11.6 Å². The topological polar surface area (TPSA) is 82.8 Å². The van der Waals surface area contributed by atoms with Gasteiger partial charge in [-0.1, -0.05) is 26.0 Å². The fourth-order valence-electron chi connectivity index (χ4n) is 3.57. The Kier molecular flexibility index (Phi) is 6.22. The van der Waals surface area contributed by atoms with Gasteiger partial charge >= 0.3 is 0 Å². The second kappa shape index (κ2) is 9.24. The highest BCUT2D eigenvalue weighted by molar-refractivity contribution is 6.05. The molecule has 0 aliphatic carbocycles. The normalized spacial score (nSPS) is 11.0. The van der Waals surface area contributed by atoms with Crippen molar-refractivity contribution in [1.29, 1.82) is 0 Å². The first kappa shape index (κ1) is 22.2. The lowest BCUT2D eigenvalue weighted by Gasteiger charge is -2.14. The molecule has 3 aromatic carbocycles. The number of carbonyl (C=O) groups excluding carboxylic acids is 1. The Hall–Kier alpha value is -4.00. The molecular formula is C26H26N2O5. The number of rotatable bonds is 7. The zero-order valence-electron chi connectivity index (χ0n) is 19.3. The molecule has 7 heteroatoms. The van der Waals surface area contributed by atoms with Gasteiger partial charge in [-0.05, 0) is 53.9 Å². The van der Waals surface area contributed by atoms with Crippen LogP contribution >= 0.6 is 0 Å². The Morgan fingerprint density at radius 1 is 0.939 bits per heavy atom. The van der Waals surface area contributed by atoms with E-state index in [-0.39, 0.29) is 5.91 Å². The van der Waals surface area contributed by atoms with Crippen molar-refractivity contribution in [2.75, 3.05) is 26.6 Å². The Labute approximate surface area is 192 Å². The summed E-state index contributed by atoms with van der Waals surface area (Å²) in [7, 11) is 4.53. The van der Waals surface area contributed by atoms with Crippen molar-refractivity contribution < 1.29 is 23.4 Å². The third-order valence-electron chi connectivity index (χ3n) is 5.37. The molecule has 1 heterocycles. The fraction of sp³-hybridized carbons (Fsp3) is 0.231. The van der Waals surface area contributed by atoms with Gasteiger partial charge in [0.1, 0.15) is 5.52 Å². The first-order valence-corrected chi connectivity index (χ1v) is 10.6. The average Bonchev–Trinajstić information content (AvgIpc) is 3.26. The van der Waals surface area contributed by atoms with Crippen molar-refractivity contribution in [3.63, 3.8) is 0 Å². The summed E-state index contributed by atoms with van der Waals surface area (Å²) in [6.07, 6.45) is 0. The summed E-state index contributed by atoms with van der Waals surface area (Å²) in [5, 5.41) is 2.91. The Morgan fingerprint density at radius 2 is 1.67 bits per heavy atom. The highest BCUT2D eigenvalue weighted by Gasteiger charge is 2.18. The van der Waals surface area contributed by atoms with Gasteiger partial charge < -0.3 is 23.9 Å². The van der Waals surface area contributed by atoms with Crippen molar-refractivity contribution in [3.05, 3.63) is 65.7 Å². The third-order valence-corrected chi connectivity index (χ3v) is 5.37. The number of aromatic nitrogens is 1. The summed E-state index contributed by atoms with van der Waals surface area (Å²) >= 11 is 0. The molecule has 0 saturated heterocycles. The number of anilines is 1. The summed E-state index contributed by atoms with van der Waals surface area (Å²) in [6, 6.07) is 16.6. The van der Waals surface area contributed by atoms with Gasteiger partial charge in [0, 0.05) is 16.8 Å². The molecule has 1 amide bonds. The fourth-order valence-corrected chi connectivity index (χ4v) is 3.57. The molecule has 0 unspecified atom stereocenters. The molecule has 0 fully saturated rings. The number of benzene rings is 3. The van der Waals surface area contributed by atoms with Gasteiger partial charge in [-0.2, -0.15) is 0 Å². The van der Waals surface area contributed by atoms with Gasteiger partial charge in [-0.15, -0.1) is 0 Å². The van der Waals surface area contributed by atoms with E-state index in [2.05, 4.69) is 30.2 Å². The summed E-state index contributed by atoms with van der Waals surface area (Å²) < 4.78 is 22.0. The number of nitrogens with zero attached hydrogens (tertiary/aromatic N) is 1. The molecular weight excluding hydrogens is 420 g/mol. The maximum atomic E-state index is 12.9. The van der Waals surface area contributed by atoms with E-state index >= 15 is 0 Å². The van der Waals surface area contributed by atoms with Crippen LogP contribution in [-0.4, -0.2) is 32.2 Å². The smallest absolute Gasteiger partial charge is 0.255 e. The minimum atomic E-state index is -0.314. The summed E-state index contributed by atoms with van der Waals surface area (Å²) in [5.74, 6) is 1.82. The van der Waals surface area contributed by atoms with E-state index in [0.29, 0.717) is 40.3 Å². The van der Waals surface area contributed by atoms with Crippen LogP contribution in [0.15, 0.2) is 59.0 Å². The molecule has 1 N–H and O–H groups in total. The van der Waals surface area contributed by atoms with Crippen LogP contribution < -0.4 is 19.5 Å². The number of fused-ring (bicyclic) bond motifs is 1. The predicted molar refractivity (Wildman–Crippen MR) is 128 cm³/mol. The van der Waals surface area contributed by atoms with Crippen LogP contribution in [0.25, 0.3) is 22.6 Å². The number of methoxy groups -OCH3 is 3. The number of hydrogen-bond donors (Lipinski definition) is 1. The highest BCUT2D eigenvalue weighted by Crippen LogP contribution is 2.38. The van der Waals surface area contributed by atoms with Crippen molar-refractivity contribution in [1.82, 2.24) is 4.98 Å². The molecule has 0 spiro atoms. The molecule has 4 aromatic rings. The standard InChI is InChI=1S/C26H26N2O5/c1-15(2)16-9-10-21-20(12-16)28-26(33-21)17-7-6-8-19(11-17)27-25(29)18-13-22(30-3)24(32-5)23(14-18)31-4/h6-15H,1-5H3,(H,27,29). The lowest BCUT2D eigenvalue weighted by atomic mass is 10.0. The number of amides is 1. The van der Waals surface area contributed by atoms with Crippen LogP contribution in [0.3, 0.4) is 0 Å². The first-order valence-electron chi connectivity index (χ1n) is 10.6. The predicted octanol–water partition coefficient (Wildman–Crippen LogP) is 5.90. The van der Waals surface area contributed by atoms with E-state index in [9.17, 15) is 4.79 Å². The molecule has 0 aliphatic rings. The maximum absolute atomic E-state index is 12.9. The number of ether oxygens (including phenoxy) is 3. The minimum absolute atomic E-state index is 0.314. The second-order valence-electron chi connectivity index (χ2n) is 7.85. The number of nitrogens with one attached hydrogen (secondary N) is 1. The van der Waals surface area contributed by atoms with Crippen LogP contribution in [0.2, 0.25) is 0 Å². The molecule has 0 aliphatic heterocycles. The Bertz CT molecular complexity index is 1280. The lowest BCUT2D eigenvalue weighted by Crippen LogP contribution is -2.12. The molecule has 7 nitrogen and oxygen atoms in total. The van der Waals surface area contributed by atoms with E-state index in [4.69, 9.17) is 18.6 Å². The van der Waals surface area contributed by atoms with Crippen LogP contribution in [-0.2, 0) is 0 Å². The number of hydrogen-bond acceptors (Lipinski definition) is 6. The van der Waals surface area contributed by atoms with Crippen molar-refractivity contribution in [3.8, 4) is 28.7 Å². The van der Waals surface area contributed by atoms with E-state index in [1.807, 2.05) is 30.3 Å². The molecule has 4 rings (SSSR count). The lowest BCUT2D eigenvalue weighted by molar-refractivity contribution is 0.102. The van der Waals surface area contributed by atoms with Gasteiger partial charge in [-0.25, -0.2) is 4.98 Å². The van der Waals surface area contributed by atoms with Crippen molar-refractivity contribution in [2.45, 2.75) is 19.8 Å². The summed E-state index contributed by atoms with van der Waals surface area (Å²) in [6.45, 7) is 4.28. The highest BCUT2D eigenvalue weighted by atomic mass is 16.5. The average molecular weight is 447 g/mol. The molecule has 170 valence electrons. The number of carbonyl (C=O) groups is 1. The minimum Gasteiger partial charge on any atom is -0.493 e. The molecule has 1 aromatic heterocycles. The zero-order valence-corrected chi connectivity index (χ0v) is 19.3. The first-order chi connectivity index (χ1) is 15.9. The van der Waals surface area contributed by atoms with E-state index < -0.39 is 0 Å². The second-order valence-corrected chi connectivity index (χ2v) is 7.85. The summed E-state index contributed by atoms with van der Waals surface area (Å²) in [5.41, 5.74) is 4.48. The maximum Gasteiger partial charge on any atom is 0.255 e. The Balaban J connectivity index is 1.61. The summed E-state index contributed by atoms with van der Waals surface area (Å²) in [4.78, 5) is 17.6. The van der Waals surface area contributed by atoms with Crippen molar-refractivity contribution >= 4 is 22.7 Å². The monoisotopic (exact) mass is 446 g/mol. The van der Waals surface area contributed by atoms with Gasteiger partial charge in [0.25, 0.3) is 5.91 Å². The largest absolute Gasteiger partial charge is 0.493 e. The van der Waals surface area contributed by atoms with Gasteiger partial charge in [0.15, 0.2) is 17.1 Å². The van der Waals surface area contributed by atoms with E-state index in [0.717, 1.165) is 16.7 Å². The molecule has 0 radical (unpaired) electrons. The zero-order chi connectivity index (χ0) is 23.5. The Morgan fingerprint density at radius 3 is 2.30 bits per heavy atom. The third kappa shape index (κ3) is 4.48. The van der Waals surface area contributed by atoms with Crippen LogP contribution in [0.5, 0.6) is 17.2 Å². The van der Waals surface area contributed by atoms with Gasteiger partial charge in [-0.3, -0.25) is 4.79 Å². The van der Waals surface area contributed by atoms with E-state index in [1.54, 1.807) is 18.2 Å². The molecule has 0 atom stereocenters. The quantitative estimate of drug-likeness (QED) is 0.381. The van der Waals surface area contributed by atoms with Crippen LogP contribution in [0, 0.1) is 0 Å². The SMILES string of the molecule is COc1cc(C(=O)Nc2cccc(-c3nc4cc(C(C)C)ccc4o3)c2)cc(OC)c1OC. The van der Waals surface area contributed by atoms with E-state index in [1.165, 1.54) is 26.9 Å². The van der Waals surface area contributed by atoms with Gasteiger partial charge in [0.05, 0.1) is 21.3 Å². The number of oxazole rings is 1. The molecule has 0 saturated carbocycles.